The first-order chi connectivity index (χ1) is 10.3. The van der Waals surface area contributed by atoms with Crippen LogP contribution in [0.15, 0.2) is 42.6 Å². The second kappa shape index (κ2) is 6.68. The molecule has 1 aromatic carbocycles. The van der Waals surface area contributed by atoms with Gasteiger partial charge in [-0.25, -0.2) is 9.37 Å². The van der Waals surface area contributed by atoms with Gasteiger partial charge in [-0.3, -0.25) is 0 Å². The Labute approximate surface area is 124 Å². The topological polar surface area (TPSA) is 34.1 Å². The highest BCUT2D eigenvalue weighted by molar-refractivity contribution is 5.32. The summed E-state index contributed by atoms with van der Waals surface area (Å²) in [6.07, 6.45) is 6.77. The fourth-order valence-corrected chi connectivity index (χ4v) is 2.68. The van der Waals surface area contributed by atoms with Gasteiger partial charge in [0.25, 0.3) is 0 Å². The van der Waals surface area contributed by atoms with E-state index in [-0.39, 0.29) is 5.82 Å². The molecule has 1 heterocycles. The average Bonchev–Trinajstić information content (AvgIpc) is 3.00. The van der Waals surface area contributed by atoms with Crippen LogP contribution in [0.4, 0.5) is 4.39 Å². The standard InChI is InChI=1S/C17H19FN2O/c18-14-6-3-9-16(11-14)21-17-13(5-4-10-19-17)12-20-15-7-1-2-8-15/h3-6,9-11,15,20H,1-2,7-8,12H2. The summed E-state index contributed by atoms with van der Waals surface area (Å²) in [4.78, 5) is 4.26. The minimum atomic E-state index is -0.311. The number of ether oxygens (including phenoxy) is 1. The Morgan fingerprint density at radius 3 is 2.86 bits per heavy atom. The lowest BCUT2D eigenvalue weighted by atomic mass is 10.2. The predicted molar refractivity (Wildman–Crippen MR) is 79.8 cm³/mol. The molecule has 1 aliphatic carbocycles. The van der Waals surface area contributed by atoms with Crippen molar-refractivity contribution in [2.24, 2.45) is 0 Å². The monoisotopic (exact) mass is 286 g/mol. The predicted octanol–water partition coefficient (Wildman–Crippen LogP) is 4.05. The number of aromatic nitrogens is 1. The Kier molecular flexibility index (Phi) is 4.46. The molecule has 0 radical (unpaired) electrons. The van der Waals surface area contributed by atoms with Crippen LogP contribution < -0.4 is 10.1 Å². The van der Waals surface area contributed by atoms with Crippen molar-refractivity contribution in [3.05, 3.63) is 54.0 Å². The summed E-state index contributed by atoms with van der Waals surface area (Å²) in [7, 11) is 0. The molecule has 0 saturated heterocycles. The van der Waals surface area contributed by atoms with Crippen molar-refractivity contribution in [2.45, 2.75) is 38.3 Å². The lowest BCUT2D eigenvalue weighted by Crippen LogP contribution is -2.25. The molecule has 110 valence electrons. The number of pyridine rings is 1. The normalized spacial score (nSPS) is 15.3. The molecule has 3 rings (SSSR count). The SMILES string of the molecule is Fc1cccc(Oc2ncccc2CNC2CCCC2)c1. The zero-order chi connectivity index (χ0) is 14.5. The summed E-state index contributed by atoms with van der Waals surface area (Å²) >= 11 is 0. The third-order valence-electron chi connectivity index (χ3n) is 3.80. The molecule has 1 fully saturated rings. The smallest absolute Gasteiger partial charge is 0.223 e. The number of hydrogen-bond donors (Lipinski definition) is 1. The average molecular weight is 286 g/mol. The maximum atomic E-state index is 13.2. The molecule has 1 saturated carbocycles. The first-order valence-electron chi connectivity index (χ1n) is 7.42. The third kappa shape index (κ3) is 3.79. The van der Waals surface area contributed by atoms with Crippen molar-refractivity contribution in [1.82, 2.24) is 10.3 Å². The van der Waals surface area contributed by atoms with Crippen LogP contribution >= 0.6 is 0 Å². The molecule has 21 heavy (non-hydrogen) atoms. The van der Waals surface area contributed by atoms with Crippen LogP contribution in [0.1, 0.15) is 31.2 Å². The molecule has 0 amide bonds. The van der Waals surface area contributed by atoms with Crippen LogP contribution in [0.5, 0.6) is 11.6 Å². The summed E-state index contributed by atoms with van der Waals surface area (Å²) in [5.74, 6) is 0.693. The summed E-state index contributed by atoms with van der Waals surface area (Å²) < 4.78 is 18.9. The van der Waals surface area contributed by atoms with E-state index in [1.807, 2.05) is 12.1 Å². The molecule has 4 heteroatoms. The zero-order valence-corrected chi connectivity index (χ0v) is 11.9. The highest BCUT2D eigenvalue weighted by Crippen LogP contribution is 2.24. The van der Waals surface area contributed by atoms with Crippen molar-refractivity contribution >= 4 is 0 Å². The van der Waals surface area contributed by atoms with Gasteiger partial charge in [0.1, 0.15) is 11.6 Å². The van der Waals surface area contributed by atoms with Crippen LogP contribution in [0.3, 0.4) is 0 Å². The first-order valence-corrected chi connectivity index (χ1v) is 7.42. The fourth-order valence-electron chi connectivity index (χ4n) is 2.68. The third-order valence-corrected chi connectivity index (χ3v) is 3.80. The van der Waals surface area contributed by atoms with E-state index in [0.29, 0.717) is 17.7 Å². The van der Waals surface area contributed by atoms with Crippen molar-refractivity contribution in [3.63, 3.8) is 0 Å². The summed E-state index contributed by atoms with van der Waals surface area (Å²) in [5.41, 5.74) is 0.994. The Balaban J connectivity index is 1.69. The van der Waals surface area contributed by atoms with Gasteiger partial charge in [-0.15, -0.1) is 0 Å². The maximum Gasteiger partial charge on any atom is 0.223 e. The van der Waals surface area contributed by atoms with Crippen molar-refractivity contribution < 1.29 is 9.13 Å². The van der Waals surface area contributed by atoms with Crippen LogP contribution in [0, 0.1) is 5.82 Å². The highest BCUT2D eigenvalue weighted by Gasteiger charge is 2.15. The summed E-state index contributed by atoms with van der Waals surface area (Å²) in [6, 6.07) is 10.6. The fraction of sp³-hybridized carbons (Fsp3) is 0.353. The number of hydrogen-bond acceptors (Lipinski definition) is 3. The van der Waals surface area contributed by atoms with Gasteiger partial charge in [-0.05, 0) is 31.0 Å². The lowest BCUT2D eigenvalue weighted by molar-refractivity contribution is 0.442. The van der Waals surface area contributed by atoms with E-state index >= 15 is 0 Å². The van der Waals surface area contributed by atoms with Gasteiger partial charge >= 0.3 is 0 Å². The van der Waals surface area contributed by atoms with Gasteiger partial charge in [0, 0.05) is 30.4 Å². The number of rotatable bonds is 5. The van der Waals surface area contributed by atoms with Gasteiger partial charge in [0.05, 0.1) is 0 Å². The summed E-state index contributed by atoms with van der Waals surface area (Å²) in [5, 5.41) is 3.54. The first kappa shape index (κ1) is 14.0. The largest absolute Gasteiger partial charge is 0.439 e. The van der Waals surface area contributed by atoms with Crippen molar-refractivity contribution in [2.75, 3.05) is 0 Å². The number of halogens is 1. The van der Waals surface area contributed by atoms with Gasteiger partial charge in [-0.1, -0.05) is 25.0 Å². The molecule has 3 nitrogen and oxygen atoms in total. The van der Waals surface area contributed by atoms with E-state index in [1.54, 1.807) is 18.3 Å². The van der Waals surface area contributed by atoms with Gasteiger partial charge in [0.15, 0.2) is 0 Å². The molecule has 1 aromatic heterocycles. The minimum Gasteiger partial charge on any atom is -0.439 e. The molecular formula is C17H19FN2O. The van der Waals surface area contributed by atoms with E-state index in [0.717, 1.165) is 12.1 Å². The minimum absolute atomic E-state index is 0.311. The Hall–Kier alpha value is -1.94. The highest BCUT2D eigenvalue weighted by atomic mass is 19.1. The molecule has 0 atom stereocenters. The molecule has 0 bridgehead atoms. The van der Waals surface area contributed by atoms with Gasteiger partial charge < -0.3 is 10.1 Å². The van der Waals surface area contributed by atoms with Crippen molar-refractivity contribution in [1.29, 1.82) is 0 Å². The Bertz CT molecular complexity index is 597. The molecule has 1 aliphatic rings. The van der Waals surface area contributed by atoms with E-state index in [2.05, 4.69) is 10.3 Å². The number of nitrogens with one attached hydrogen (secondary N) is 1. The molecule has 0 spiro atoms. The number of nitrogens with zero attached hydrogens (tertiary/aromatic N) is 1. The molecular weight excluding hydrogens is 267 g/mol. The molecule has 0 unspecified atom stereocenters. The van der Waals surface area contributed by atoms with Crippen molar-refractivity contribution in [3.8, 4) is 11.6 Å². The molecule has 1 N–H and O–H groups in total. The van der Waals surface area contributed by atoms with E-state index in [1.165, 1.54) is 37.8 Å². The Morgan fingerprint density at radius 2 is 2.05 bits per heavy atom. The maximum absolute atomic E-state index is 13.2. The second-order valence-corrected chi connectivity index (χ2v) is 5.39. The van der Waals surface area contributed by atoms with E-state index in [9.17, 15) is 4.39 Å². The van der Waals surface area contributed by atoms with Gasteiger partial charge in [-0.2, -0.15) is 0 Å². The van der Waals surface area contributed by atoms with Crippen LogP contribution in [0.2, 0.25) is 0 Å². The zero-order valence-electron chi connectivity index (χ0n) is 11.9. The lowest BCUT2D eigenvalue weighted by Gasteiger charge is -2.14. The Morgan fingerprint density at radius 1 is 1.19 bits per heavy atom. The van der Waals surface area contributed by atoms with Crippen LogP contribution in [-0.2, 0) is 6.54 Å². The summed E-state index contributed by atoms with van der Waals surface area (Å²) in [6.45, 7) is 0.725. The van der Waals surface area contributed by atoms with Gasteiger partial charge in [0.2, 0.25) is 5.88 Å². The molecule has 0 aliphatic heterocycles. The molecule has 2 aromatic rings. The quantitative estimate of drug-likeness (QED) is 0.900. The number of benzene rings is 1. The van der Waals surface area contributed by atoms with E-state index < -0.39 is 0 Å². The second-order valence-electron chi connectivity index (χ2n) is 5.39. The van der Waals surface area contributed by atoms with Crippen LogP contribution in [-0.4, -0.2) is 11.0 Å². The van der Waals surface area contributed by atoms with Crippen LogP contribution in [0.25, 0.3) is 0 Å². The van der Waals surface area contributed by atoms with E-state index in [4.69, 9.17) is 4.74 Å².